The third kappa shape index (κ3) is 19.5. The van der Waals surface area contributed by atoms with E-state index in [1.165, 1.54) is 22.3 Å². The lowest BCUT2D eigenvalue weighted by Gasteiger charge is -2.45. The van der Waals surface area contributed by atoms with E-state index in [1.807, 2.05) is 84.9 Å². The summed E-state index contributed by atoms with van der Waals surface area (Å²) < 4.78 is 87.5. The number of aryl methyl sites for hydroxylation is 2. The number of fused-ring (bicyclic) bond motifs is 6. The highest BCUT2D eigenvalue weighted by atomic mass is 35.5. The highest BCUT2D eigenvalue weighted by Gasteiger charge is 2.53. The van der Waals surface area contributed by atoms with Crippen molar-refractivity contribution in [2.75, 3.05) is 73.9 Å². The van der Waals surface area contributed by atoms with Crippen LogP contribution >= 0.6 is 23.2 Å². The first-order valence-electron chi connectivity index (χ1n) is 42.4. The maximum absolute atomic E-state index is 14.0. The van der Waals surface area contributed by atoms with Crippen LogP contribution in [0, 0.1) is 35.5 Å². The lowest BCUT2D eigenvalue weighted by atomic mass is 9.68. The van der Waals surface area contributed by atoms with Crippen molar-refractivity contribution in [1.82, 2.24) is 9.44 Å². The van der Waals surface area contributed by atoms with Crippen LogP contribution in [0.5, 0.6) is 11.5 Å². The summed E-state index contributed by atoms with van der Waals surface area (Å²) in [6.07, 6.45) is 16.5. The van der Waals surface area contributed by atoms with Crippen molar-refractivity contribution in [2.45, 2.75) is 152 Å². The minimum absolute atomic E-state index is 0.109. The molecule has 4 aliphatic carbocycles. The van der Waals surface area contributed by atoms with E-state index in [9.17, 15) is 36.6 Å². The Bertz CT molecular complexity index is 4810. The zero-order chi connectivity index (χ0) is 85.4. The molecule has 14 rings (SSSR count). The van der Waals surface area contributed by atoms with Crippen LogP contribution in [0.25, 0.3) is 0 Å². The van der Waals surface area contributed by atoms with Gasteiger partial charge in [-0.2, -0.15) is 0 Å². The molecule has 16 nitrogen and oxygen atoms in total. The van der Waals surface area contributed by atoms with Gasteiger partial charge in [-0.1, -0.05) is 223 Å². The van der Waals surface area contributed by atoms with Crippen LogP contribution in [-0.2, 0) is 52.6 Å². The number of rotatable bonds is 30. The van der Waals surface area contributed by atoms with Gasteiger partial charge in [-0.05, 0) is 214 Å². The van der Waals surface area contributed by atoms with Gasteiger partial charge in [0.05, 0.1) is 48.3 Å². The van der Waals surface area contributed by atoms with Crippen LogP contribution in [-0.4, -0.2) is 132 Å². The fourth-order valence-electron chi connectivity index (χ4n) is 19.8. The number of nitrogens with one attached hydrogen (secondary N) is 2. The van der Waals surface area contributed by atoms with Gasteiger partial charge in [0.1, 0.15) is 11.5 Å². The molecule has 0 bridgehead atoms. The van der Waals surface area contributed by atoms with Crippen LogP contribution in [0.15, 0.2) is 245 Å². The van der Waals surface area contributed by atoms with E-state index in [1.54, 1.807) is 60.7 Å². The quantitative estimate of drug-likeness (QED) is 0.0244. The van der Waals surface area contributed by atoms with Gasteiger partial charge in [-0.15, -0.1) is 26.3 Å². The van der Waals surface area contributed by atoms with Crippen molar-refractivity contribution in [1.29, 1.82) is 0 Å². The molecule has 0 unspecified atom stereocenters. The number of aliphatic hydroxyl groups is 2. The molecule has 636 valence electrons. The first-order valence-corrected chi connectivity index (χ1v) is 50.3. The number of sulfonamides is 2. The van der Waals surface area contributed by atoms with Crippen molar-refractivity contribution in [3.63, 3.8) is 0 Å². The molecule has 0 radical (unpaired) electrons. The maximum Gasteiger partial charge on any atom is 0.264 e. The average Bonchev–Trinajstić information content (AvgIpc) is 1.41. The maximum atomic E-state index is 14.0. The summed E-state index contributed by atoms with van der Waals surface area (Å²) >= 11 is 12.9. The molecule has 2 amide bonds. The minimum atomic E-state index is -4.14. The Kier molecular flexibility index (Phi) is 28.1. The molecule has 4 N–H and O–H groups in total. The Morgan fingerprint density at radius 2 is 0.867 bits per heavy atom. The molecular formula is C98H118Cl2N4O12S2Si2. The zero-order valence-corrected chi connectivity index (χ0v) is 75.4. The summed E-state index contributed by atoms with van der Waals surface area (Å²) in [4.78, 5) is 32.6. The van der Waals surface area contributed by atoms with Gasteiger partial charge in [-0.25, -0.2) is 26.3 Å². The van der Waals surface area contributed by atoms with Crippen molar-refractivity contribution in [3.05, 3.63) is 288 Å². The predicted octanol–water partition coefficient (Wildman–Crippen LogP) is 16.4. The molecule has 10 atom stereocenters. The smallest absolute Gasteiger partial charge is 0.264 e. The molecule has 8 aromatic carbocycles. The molecule has 2 spiro atoms. The van der Waals surface area contributed by atoms with Gasteiger partial charge in [0.2, 0.25) is 20.0 Å². The summed E-state index contributed by atoms with van der Waals surface area (Å²) in [5.41, 5.74) is 6.18. The summed E-state index contributed by atoms with van der Waals surface area (Å²) in [6.45, 7) is 32.4. The second-order valence-corrected chi connectivity index (χ2v) is 49.1. The van der Waals surface area contributed by atoms with Crippen LogP contribution in [0.4, 0.5) is 11.4 Å². The van der Waals surface area contributed by atoms with E-state index < -0.39 is 72.5 Å². The normalized spacial score (nSPS) is 21.3. The number of halogens is 2. The highest BCUT2D eigenvalue weighted by molar-refractivity contribution is 7.90. The van der Waals surface area contributed by atoms with E-state index >= 15 is 0 Å². The second kappa shape index (κ2) is 37.8. The van der Waals surface area contributed by atoms with Crippen molar-refractivity contribution < 1.29 is 55.0 Å². The number of carbonyl (C=O) groups is 2. The Balaban J connectivity index is 0.000000207. The summed E-state index contributed by atoms with van der Waals surface area (Å²) in [5.74, 6) is -1.34. The number of benzene rings is 8. The SMILES string of the molecule is C=CC[C@H](O)[C@@H]1CC[C@H]1CN1C[C@@]2(CCCc3cc(Cl)ccc32)COc2ccc(C(=O)NS(=O)(=O)C[C@@H](C=C)CO[Si](c3ccccc3)(c3ccccc3)C(C)(C)C)cc21.C=CC[C@H](O)[C@@H]1CC[C@H]1CN1C[C@@]2(CCCc3cc(Cl)ccc32)COc2ccc(C(=O)NS(=O)(=O)C[C@H](C=C)CO[Si](c3ccccc3)(c3ccccc3)C(C)(C)C)cc21. The zero-order valence-electron chi connectivity index (χ0n) is 70.2. The number of ether oxygens (including phenoxy) is 2. The van der Waals surface area contributed by atoms with E-state index in [0.29, 0.717) is 73.8 Å². The van der Waals surface area contributed by atoms with Crippen molar-refractivity contribution in [2.24, 2.45) is 35.5 Å². The number of anilines is 2. The third-order valence-corrected chi connectivity index (χ3v) is 39.4. The van der Waals surface area contributed by atoms with Crippen LogP contribution in [0.1, 0.15) is 149 Å². The Morgan fingerprint density at radius 1 is 0.517 bits per heavy atom. The molecule has 2 aliphatic heterocycles. The highest BCUT2D eigenvalue weighted by Crippen LogP contribution is 2.50. The van der Waals surface area contributed by atoms with Gasteiger partial charge >= 0.3 is 0 Å². The predicted molar refractivity (Wildman–Crippen MR) is 492 cm³/mol. The standard InChI is InChI=1S/2C49H59ClN2O6SSi/c2*1-6-15-45(53)42-24-21-38(42)30-52-33-49(27-14-16-36-28-39(50)23-25-43(36)49)34-57-46-26-22-37(29-44(46)52)47(54)51-59(55,56)32-35(7-2)31-58-60(48(3,4)5,40-17-10-8-11-18-40)41-19-12-9-13-20-41/h2*6-13,17-20,22-23,25-26,28-29,35,38,42,45,53H,1-2,14-16,21,24,27,30-34H2,3-5H3,(H,51,54)/t35-,38+,42-,45+,49+;35-,38-,42+,45-,49-/m10/s1. The van der Waals surface area contributed by atoms with E-state index in [0.717, 1.165) is 96.3 Å². The fourth-order valence-corrected chi connectivity index (χ4v) is 32.0. The van der Waals surface area contributed by atoms with E-state index in [4.69, 9.17) is 41.5 Å². The van der Waals surface area contributed by atoms with Gasteiger partial charge in [-0.3, -0.25) is 9.59 Å². The lowest BCUT2D eigenvalue weighted by Crippen LogP contribution is -2.67. The van der Waals surface area contributed by atoms with Gasteiger partial charge < -0.3 is 38.3 Å². The molecule has 6 aliphatic rings. The van der Waals surface area contributed by atoms with Crippen LogP contribution in [0.2, 0.25) is 20.1 Å². The van der Waals surface area contributed by atoms with E-state index in [-0.39, 0.29) is 80.4 Å². The Hall–Kier alpha value is -8.39. The van der Waals surface area contributed by atoms with Crippen molar-refractivity contribution >= 4 is 104 Å². The molecule has 0 saturated heterocycles. The van der Waals surface area contributed by atoms with Gasteiger partial charge in [0.15, 0.2) is 0 Å². The number of aliphatic hydroxyl groups excluding tert-OH is 2. The van der Waals surface area contributed by atoms with Gasteiger partial charge in [0.25, 0.3) is 28.4 Å². The molecule has 2 heterocycles. The van der Waals surface area contributed by atoms with Crippen LogP contribution in [0.3, 0.4) is 0 Å². The monoisotopic (exact) mass is 1730 g/mol. The molecule has 2 saturated carbocycles. The average molecular weight is 1740 g/mol. The lowest BCUT2D eigenvalue weighted by molar-refractivity contribution is 0.0176. The largest absolute Gasteiger partial charge is 0.490 e. The summed E-state index contributed by atoms with van der Waals surface area (Å²) in [6, 6.07) is 63.4. The molecule has 22 heteroatoms. The molecule has 120 heavy (non-hydrogen) atoms. The van der Waals surface area contributed by atoms with Crippen molar-refractivity contribution in [3.8, 4) is 11.5 Å². The number of hydrogen-bond donors (Lipinski definition) is 4. The Morgan fingerprint density at radius 3 is 1.18 bits per heavy atom. The van der Waals surface area contributed by atoms with Gasteiger partial charge in [0, 0.05) is 83.2 Å². The molecule has 0 aromatic heterocycles. The minimum Gasteiger partial charge on any atom is -0.490 e. The summed E-state index contributed by atoms with van der Waals surface area (Å²) in [7, 11) is -14.2. The summed E-state index contributed by atoms with van der Waals surface area (Å²) in [5, 5.41) is 27.2. The molecule has 8 aromatic rings. The first-order chi connectivity index (χ1) is 57.4. The fraction of sp³-hybridized carbons (Fsp3) is 0.408. The topological polar surface area (TPSA) is 210 Å². The number of nitrogens with zero attached hydrogens (tertiary/aromatic N) is 2. The van der Waals surface area contributed by atoms with E-state index in [2.05, 4.69) is 160 Å². The first kappa shape index (κ1) is 89.4. The molecular weight excluding hydrogens is 1620 g/mol. The second-order valence-electron chi connectivity index (χ2n) is 36.1. The number of amides is 2. The molecule has 2 fully saturated rings. The van der Waals surface area contributed by atoms with Crippen LogP contribution < -0.4 is 49.5 Å². The Labute approximate surface area is 723 Å². The number of carbonyl (C=O) groups excluding carboxylic acids is 2. The third-order valence-electron chi connectivity index (χ3n) is 26.2. The number of hydrogen-bond acceptors (Lipinski definition) is 14.